The largest absolute Gasteiger partial charge is 0.348 e. The van der Waals surface area contributed by atoms with Gasteiger partial charge in [-0.15, -0.1) is 11.3 Å². The Morgan fingerprint density at radius 3 is 2.48 bits per heavy atom. The number of rotatable bonds is 5. The van der Waals surface area contributed by atoms with Gasteiger partial charge in [0.2, 0.25) is 0 Å². The Morgan fingerprint density at radius 2 is 1.87 bits per heavy atom. The Balaban J connectivity index is 2.06. The number of halogens is 2. The highest BCUT2D eigenvalue weighted by Gasteiger charge is 2.15. The van der Waals surface area contributed by atoms with Gasteiger partial charge in [-0.3, -0.25) is 14.9 Å². The molecule has 0 radical (unpaired) electrons. The third-order valence-electron chi connectivity index (χ3n) is 3.07. The highest BCUT2D eigenvalue weighted by molar-refractivity contribution is 7.14. The summed E-state index contributed by atoms with van der Waals surface area (Å²) in [5, 5.41) is 6.84. The summed E-state index contributed by atoms with van der Waals surface area (Å²) in [5.74, 6) is -2.73. The summed E-state index contributed by atoms with van der Waals surface area (Å²) in [4.78, 5) is 27.8. The molecule has 1 aromatic heterocycles. The van der Waals surface area contributed by atoms with Crippen LogP contribution >= 0.6 is 11.3 Å². The highest BCUT2D eigenvalue weighted by Crippen LogP contribution is 2.17. The van der Waals surface area contributed by atoms with Gasteiger partial charge >= 0.3 is 0 Å². The van der Waals surface area contributed by atoms with Gasteiger partial charge in [0.15, 0.2) is 5.13 Å². The molecule has 0 saturated heterocycles. The molecule has 2 N–H and O–H groups in total. The molecule has 0 aliphatic carbocycles. The van der Waals surface area contributed by atoms with E-state index in [-0.39, 0.29) is 28.3 Å². The van der Waals surface area contributed by atoms with Crippen molar-refractivity contribution in [3.05, 3.63) is 46.5 Å². The fourth-order valence-corrected chi connectivity index (χ4v) is 2.38. The second-order valence-electron chi connectivity index (χ2n) is 4.93. The van der Waals surface area contributed by atoms with E-state index in [0.717, 1.165) is 29.9 Å². The minimum absolute atomic E-state index is 0.0116. The molecule has 0 spiro atoms. The Hall–Kier alpha value is -2.35. The molecule has 122 valence electrons. The van der Waals surface area contributed by atoms with Gasteiger partial charge in [0.25, 0.3) is 11.8 Å². The van der Waals surface area contributed by atoms with Crippen LogP contribution in [0.3, 0.4) is 0 Å². The molecule has 1 unspecified atom stereocenters. The number of benzene rings is 1. The van der Waals surface area contributed by atoms with Gasteiger partial charge in [-0.05, 0) is 25.5 Å². The SMILES string of the molecule is CCC(C)NC(=O)c1csc(NC(=O)c2cc(F)cc(F)c2)n1. The molecular weight excluding hydrogens is 324 g/mol. The van der Waals surface area contributed by atoms with Crippen molar-refractivity contribution in [2.45, 2.75) is 26.3 Å². The van der Waals surface area contributed by atoms with Gasteiger partial charge in [0.05, 0.1) is 0 Å². The standard InChI is InChI=1S/C15H15F2N3O2S/c1-3-8(2)18-14(22)12-7-23-15(19-12)20-13(21)9-4-10(16)6-11(17)5-9/h4-8H,3H2,1-2H3,(H,18,22)(H,19,20,21). The number of carbonyl (C=O) groups excluding carboxylic acids is 2. The van der Waals surface area contributed by atoms with Crippen molar-refractivity contribution in [3.63, 3.8) is 0 Å². The number of hydrogen-bond donors (Lipinski definition) is 2. The second kappa shape index (κ2) is 7.28. The summed E-state index contributed by atoms with van der Waals surface area (Å²) >= 11 is 1.05. The fraction of sp³-hybridized carbons (Fsp3) is 0.267. The van der Waals surface area contributed by atoms with Gasteiger partial charge < -0.3 is 5.32 Å². The van der Waals surface area contributed by atoms with Crippen molar-refractivity contribution in [3.8, 4) is 0 Å². The average molecular weight is 339 g/mol. The molecule has 0 aliphatic heterocycles. The van der Waals surface area contributed by atoms with Gasteiger partial charge in [0, 0.05) is 23.1 Å². The first-order valence-electron chi connectivity index (χ1n) is 6.93. The van der Waals surface area contributed by atoms with Gasteiger partial charge in [0.1, 0.15) is 17.3 Å². The zero-order chi connectivity index (χ0) is 17.0. The third-order valence-corrected chi connectivity index (χ3v) is 3.83. The van der Waals surface area contributed by atoms with E-state index < -0.39 is 17.5 Å². The molecule has 0 aliphatic rings. The number of carbonyl (C=O) groups is 2. The van der Waals surface area contributed by atoms with Crippen molar-refractivity contribution >= 4 is 28.3 Å². The molecule has 0 fully saturated rings. The lowest BCUT2D eigenvalue weighted by Gasteiger charge is -2.09. The van der Waals surface area contributed by atoms with Crippen LogP contribution in [0, 0.1) is 11.6 Å². The number of amides is 2. The molecule has 0 saturated carbocycles. The van der Waals surface area contributed by atoms with Crippen LogP contribution in [0.5, 0.6) is 0 Å². The molecule has 2 aromatic rings. The average Bonchev–Trinajstić information content (AvgIpc) is 2.94. The first kappa shape index (κ1) is 17.0. The summed E-state index contributed by atoms with van der Waals surface area (Å²) in [6.45, 7) is 3.81. The lowest BCUT2D eigenvalue weighted by atomic mass is 10.2. The lowest BCUT2D eigenvalue weighted by molar-refractivity contribution is 0.0933. The van der Waals surface area contributed by atoms with E-state index in [9.17, 15) is 18.4 Å². The molecule has 2 amide bonds. The molecule has 23 heavy (non-hydrogen) atoms. The van der Waals surface area contributed by atoms with Crippen molar-refractivity contribution in [1.82, 2.24) is 10.3 Å². The van der Waals surface area contributed by atoms with Crippen LogP contribution in [-0.4, -0.2) is 22.8 Å². The van der Waals surface area contributed by atoms with Gasteiger partial charge in [-0.2, -0.15) is 0 Å². The first-order chi connectivity index (χ1) is 10.9. The van der Waals surface area contributed by atoms with Crippen molar-refractivity contribution < 1.29 is 18.4 Å². The van der Waals surface area contributed by atoms with E-state index in [4.69, 9.17) is 0 Å². The number of anilines is 1. The van der Waals surface area contributed by atoms with Crippen molar-refractivity contribution in [2.75, 3.05) is 5.32 Å². The summed E-state index contributed by atoms with van der Waals surface area (Å²) in [7, 11) is 0. The normalized spacial score (nSPS) is 11.8. The second-order valence-corrected chi connectivity index (χ2v) is 5.79. The monoisotopic (exact) mass is 339 g/mol. The van der Waals surface area contributed by atoms with E-state index in [1.54, 1.807) is 0 Å². The Kier molecular flexibility index (Phi) is 5.38. The van der Waals surface area contributed by atoms with Crippen LogP contribution < -0.4 is 10.6 Å². The Bertz CT molecular complexity index is 713. The summed E-state index contributed by atoms with van der Waals surface area (Å²) < 4.78 is 26.2. The fourth-order valence-electron chi connectivity index (χ4n) is 1.69. The van der Waals surface area contributed by atoms with E-state index in [1.165, 1.54) is 5.38 Å². The van der Waals surface area contributed by atoms with E-state index in [1.807, 2.05) is 13.8 Å². The van der Waals surface area contributed by atoms with Gasteiger partial charge in [-0.25, -0.2) is 13.8 Å². The van der Waals surface area contributed by atoms with E-state index in [2.05, 4.69) is 15.6 Å². The summed E-state index contributed by atoms with van der Waals surface area (Å²) in [6.07, 6.45) is 0.782. The quantitative estimate of drug-likeness (QED) is 0.879. The minimum Gasteiger partial charge on any atom is -0.348 e. The topological polar surface area (TPSA) is 71.1 Å². The molecule has 8 heteroatoms. The van der Waals surface area contributed by atoms with E-state index >= 15 is 0 Å². The zero-order valence-corrected chi connectivity index (χ0v) is 13.3. The number of nitrogens with zero attached hydrogens (tertiary/aromatic N) is 1. The number of hydrogen-bond acceptors (Lipinski definition) is 4. The lowest BCUT2D eigenvalue weighted by Crippen LogP contribution is -2.32. The van der Waals surface area contributed by atoms with Crippen LogP contribution in [0.1, 0.15) is 41.1 Å². The maximum Gasteiger partial charge on any atom is 0.271 e. The third kappa shape index (κ3) is 4.56. The predicted octanol–water partition coefficient (Wildman–Crippen LogP) is 3.20. The number of aromatic nitrogens is 1. The van der Waals surface area contributed by atoms with E-state index in [0.29, 0.717) is 6.07 Å². The molecule has 0 bridgehead atoms. The molecule has 1 aromatic carbocycles. The minimum atomic E-state index is -0.845. The predicted molar refractivity (Wildman–Crippen MR) is 83.6 cm³/mol. The van der Waals surface area contributed by atoms with Crippen LogP contribution in [-0.2, 0) is 0 Å². The summed E-state index contributed by atoms with van der Waals surface area (Å²) in [5.41, 5.74) is 0.0133. The molecule has 2 rings (SSSR count). The molecule has 5 nitrogen and oxygen atoms in total. The van der Waals surface area contributed by atoms with Crippen LogP contribution in [0.4, 0.5) is 13.9 Å². The number of nitrogens with one attached hydrogen (secondary N) is 2. The maximum absolute atomic E-state index is 13.1. The van der Waals surface area contributed by atoms with Gasteiger partial charge in [-0.1, -0.05) is 6.92 Å². The molecule has 1 atom stereocenters. The first-order valence-corrected chi connectivity index (χ1v) is 7.81. The zero-order valence-electron chi connectivity index (χ0n) is 12.5. The van der Waals surface area contributed by atoms with Crippen LogP contribution in [0.25, 0.3) is 0 Å². The smallest absolute Gasteiger partial charge is 0.271 e. The molecule has 1 heterocycles. The van der Waals surface area contributed by atoms with Crippen molar-refractivity contribution in [1.29, 1.82) is 0 Å². The van der Waals surface area contributed by atoms with Crippen molar-refractivity contribution in [2.24, 2.45) is 0 Å². The summed E-state index contributed by atoms with van der Waals surface area (Å²) in [6, 6.07) is 2.53. The Labute approximate surface area is 135 Å². The number of thiazole rings is 1. The highest BCUT2D eigenvalue weighted by atomic mass is 32.1. The van der Waals surface area contributed by atoms with Crippen LogP contribution in [0.15, 0.2) is 23.6 Å². The Morgan fingerprint density at radius 1 is 1.22 bits per heavy atom. The molecular formula is C15H15F2N3O2S. The maximum atomic E-state index is 13.1. The van der Waals surface area contributed by atoms with Crippen LogP contribution in [0.2, 0.25) is 0 Å².